The molecule has 0 saturated carbocycles. The fraction of sp³-hybridized carbons (Fsp3) is 0.100. The highest BCUT2D eigenvalue weighted by atomic mass is 32.1. The van der Waals surface area contributed by atoms with Gasteiger partial charge in [-0.05, 0) is 42.8 Å². The number of aryl methyl sites for hydroxylation is 2. The first-order valence-corrected chi connectivity index (χ1v) is 8.85. The van der Waals surface area contributed by atoms with Crippen LogP contribution in [0.5, 0.6) is 5.75 Å². The lowest BCUT2D eigenvalue weighted by molar-refractivity contribution is 0.475. The molecule has 2 aromatic heterocycles. The summed E-state index contributed by atoms with van der Waals surface area (Å²) in [7, 11) is 2.02. The molecule has 4 aromatic rings. The molecule has 0 unspecified atom stereocenters. The van der Waals surface area contributed by atoms with Crippen molar-refractivity contribution in [1.29, 1.82) is 0 Å². The molecule has 5 heteroatoms. The molecule has 0 saturated heterocycles. The highest BCUT2D eigenvalue weighted by Gasteiger charge is 2.16. The smallest absolute Gasteiger partial charge is 0.143 e. The van der Waals surface area contributed by atoms with E-state index in [1.807, 2.05) is 49.7 Å². The fourth-order valence-corrected chi connectivity index (χ4v) is 3.63. The van der Waals surface area contributed by atoms with Crippen LogP contribution in [0.3, 0.4) is 0 Å². The SMILES string of the molecule is Cc1csc(/C(=C\c2ccc(O)cc2)c2nc3ccccc3n2C)n1. The summed E-state index contributed by atoms with van der Waals surface area (Å²) in [6.07, 6.45) is 2.07. The lowest BCUT2D eigenvalue weighted by Gasteiger charge is -2.06. The molecule has 0 aliphatic carbocycles. The van der Waals surface area contributed by atoms with Crippen molar-refractivity contribution < 1.29 is 5.11 Å². The summed E-state index contributed by atoms with van der Waals surface area (Å²) < 4.78 is 2.10. The van der Waals surface area contributed by atoms with Gasteiger partial charge >= 0.3 is 0 Å². The predicted molar refractivity (Wildman–Crippen MR) is 103 cm³/mol. The summed E-state index contributed by atoms with van der Waals surface area (Å²) in [6.45, 7) is 1.99. The van der Waals surface area contributed by atoms with Crippen molar-refractivity contribution in [3.05, 3.63) is 76.0 Å². The van der Waals surface area contributed by atoms with Crippen LogP contribution in [0, 0.1) is 6.92 Å². The van der Waals surface area contributed by atoms with Gasteiger partial charge in [0.25, 0.3) is 0 Å². The molecule has 0 spiro atoms. The summed E-state index contributed by atoms with van der Waals surface area (Å²) >= 11 is 1.61. The van der Waals surface area contributed by atoms with Crippen molar-refractivity contribution in [2.24, 2.45) is 7.05 Å². The van der Waals surface area contributed by atoms with Crippen molar-refractivity contribution in [1.82, 2.24) is 14.5 Å². The Balaban J connectivity index is 1.93. The van der Waals surface area contributed by atoms with Gasteiger partial charge in [0, 0.05) is 18.1 Å². The molecular weight excluding hydrogens is 330 g/mol. The Morgan fingerprint density at radius 3 is 2.52 bits per heavy atom. The summed E-state index contributed by atoms with van der Waals surface area (Å²) in [5.74, 6) is 1.13. The van der Waals surface area contributed by atoms with E-state index in [0.717, 1.165) is 38.7 Å². The molecule has 0 radical (unpaired) electrons. The maximum atomic E-state index is 9.52. The standard InChI is InChI=1S/C20H17N3OS/c1-13-12-25-20(21-13)16(11-14-7-9-15(24)10-8-14)19-22-17-5-3-4-6-18(17)23(19)2/h3-12,24H,1-2H3/b16-11-. The topological polar surface area (TPSA) is 50.9 Å². The van der Waals surface area contributed by atoms with Gasteiger partial charge in [-0.15, -0.1) is 11.3 Å². The first-order valence-electron chi connectivity index (χ1n) is 7.97. The van der Waals surface area contributed by atoms with Gasteiger partial charge in [-0.2, -0.15) is 0 Å². The molecule has 0 atom stereocenters. The molecule has 0 aliphatic heterocycles. The van der Waals surface area contributed by atoms with Crippen molar-refractivity contribution in [3.8, 4) is 5.75 Å². The number of aromatic nitrogens is 3. The maximum Gasteiger partial charge on any atom is 0.143 e. The molecule has 0 aliphatic rings. The second kappa shape index (κ2) is 6.18. The van der Waals surface area contributed by atoms with E-state index in [0.29, 0.717) is 0 Å². The predicted octanol–water partition coefficient (Wildman–Crippen LogP) is 4.63. The number of rotatable bonds is 3. The minimum absolute atomic E-state index is 0.256. The van der Waals surface area contributed by atoms with Crippen molar-refractivity contribution in [2.45, 2.75) is 6.92 Å². The van der Waals surface area contributed by atoms with Crippen molar-refractivity contribution in [2.75, 3.05) is 0 Å². The Labute approximate surface area is 149 Å². The summed E-state index contributed by atoms with van der Waals surface area (Å²) in [5, 5.41) is 12.5. The number of benzene rings is 2. The average molecular weight is 347 g/mol. The van der Waals surface area contributed by atoms with E-state index in [2.05, 4.69) is 21.7 Å². The molecule has 0 amide bonds. The monoisotopic (exact) mass is 347 g/mol. The first kappa shape index (κ1) is 15.6. The van der Waals surface area contributed by atoms with Gasteiger partial charge in [0.2, 0.25) is 0 Å². The van der Waals surface area contributed by atoms with E-state index in [1.54, 1.807) is 23.5 Å². The maximum absolute atomic E-state index is 9.52. The Kier molecular flexibility index (Phi) is 3.86. The van der Waals surface area contributed by atoms with Gasteiger partial charge in [0.1, 0.15) is 16.6 Å². The number of phenols is 1. The van der Waals surface area contributed by atoms with Crippen LogP contribution in [0.25, 0.3) is 22.7 Å². The molecule has 124 valence electrons. The zero-order valence-corrected chi connectivity index (χ0v) is 14.8. The molecule has 4 nitrogen and oxygen atoms in total. The van der Waals surface area contributed by atoms with E-state index in [1.165, 1.54) is 0 Å². The fourth-order valence-electron chi connectivity index (χ4n) is 2.82. The van der Waals surface area contributed by atoms with E-state index in [9.17, 15) is 5.11 Å². The Bertz CT molecular complexity index is 1070. The van der Waals surface area contributed by atoms with E-state index in [4.69, 9.17) is 4.98 Å². The zero-order valence-electron chi connectivity index (χ0n) is 14.0. The summed E-state index contributed by atoms with van der Waals surface area (Å²) in [5.41, 5.74) is 5.01. The van der Waals surface area contributed by atoms with Gasteiger partial charge in [-0.25, -0.2) is 9.97 Å². The van der Waals surface area contributed by atoms with Crippen LogP contribution in [0.15, 0.2) is 53.9 Å². The molecular formula is C20H17N3OS. The number of aromatic hydroxyl groups is 1. The van der Waals surface area contributed by atoms with Crippen molar-refractivity contribution in [3.63, 3.8) is 0 Å². The largest absolute Gasteiger partial charge is 0.508 e. The molecule has 0 fully saturated rings. The molecule has 0 bridgehead atoms. The van der Waals surface area contributed by atoms with E-state index in [-0.39, 0.29) is 5.75 Å². The second-order valence-corrected chi connectivity index (χ2v) is 6.78. The van der Waals surface area contributed by atoms with Crippen LogP contribution in [0.4, 0.5) is 0 Å². The summed E-state index contributed by atoms with van der Waals surface area (Å²) in [4.78, 5) is 9.48. The Hall–Kier alpha value is -2.92. The number of hydrogen-bond acceptors (Lipinski definition) is 4. The lowest BCUT2D eigenvalue weighted by Crippen LogP contribution is -1.99. The number of fused-ring (bicyclic) bond motifs is 1. The highest BCUT2D eigenvalue weighted by molar-refractivity contribution is 7.11. The van der Waals surface area contributed by atoms with Crippen LogP contribution in [0.2, 0.25) is 0 Å². The number of para-hydroxylation sites is 2. The average Bonchev–Trinajstić information content (AvgIpc) is 3.19. The Morgan fingerprint density at radius 1 is 1.08 bits per heavy atom. The first-order chi connectivity index (χ1) is 12.1. The minimum atomic E-state index is 0.256. The second-order valence-electron chi connectivity index (χ2n) is 5.93. The number of nitrogens with zero attached hydrogens (tertiary/aromatic N) is 3. The van der Waals surface area contributed by atoms with Gasteiger partial charge < -0.3 is 9.67 Å². The minimum Gasteiger partial charge on any atom is -0.508 e. The van der Waals surface area contributed by atoms with E-state index >= 15 is 0 Å². The number of hydrogen-bond donors (Lipinski definition) is 1. The zero-order chi connectivity index (χ0) is 17.4. The van der Waals surface area contributed by atoms with Gasteiger partial charge in [-0.3, -0.25) is 0 Å². The third-order valence-corrected chi connectivity index (χ3v) is 5.07. The summed E-state index contributed by atoms with van der Waals surface area (Å²) in [6, 6.07) is 15.2. The number of thiazole rings is 1. The molecule has 4 rings (SSSR count). The Morgan fingerprint density at radius 2 is 1.84 bits per heavy atom. The third kappa shape index (κ3) is 2.94. The van der Waals surface area contributed by atoms with E-state index < -0.39 is 0 Å². The number of imidazole rings is 1. The van der Waals surface area contributed by atoms with Crippen LogP contribution in [0.1, 0.15) is 22.1 Å². The molecule has 1 N–H and O–H groups in total. The van der Waals surface area contributed by atoms with Crippen LogP contribution >= 0.6 is 11.3 Å². The normalized spacial score (nSPS) is 12.0. The van der Waals surface area contributed by atoms with Gasteiger partial charge in [0.05, 0.1) is 16.6 Å². The van der Waals surface area contributed by atoms with Crippen LogP contribution in [-0.4, -0.2) is 19.6 Å². The van der Waals surface area contributed by atoms with Gasteiger partial charge in [0.15, 0.2) is 0 Å². The van der Waals surface area contributed by atoms with Crippen molar-refractivity contribution >= 4 is 34.0 Å². The van der Waals surface area contributed by atoms with Crippen LogP contribution in [-0.2, 0) is 7.05 Å². The molecule has 2 aromatic carbocycles. The highest BCUT2D eigenvalue weighted by Crippen LogP contribution is 2.30. The lowest BCUT2D eigenvalue weighted by atomic mass is 10.1. The van der Waals surface area contributed by atoms with Gasteiger partial charge in [-0.1, -0.05) is 24.3 Å². The third-order valence-electron chi connectivity index (χ3n) is 4.08. The number of phenolic OH excluding ortho intramolecular Hbond substituents is 1. The molecule has 2 heterocycles. The molecule has 25 heavy (non-hydrogen) atoms. The van der Waals surface area contributed by atoms with Crippen LogP contribution < -0.4 is 0 Å². The quantitative estimate of drug-likeness (QED) is 0.588.